The Bertz CT molecular complexity index is 870. The maximum Gasteiger partial charge on any atom is 0.417 e. The molecule has 0 saturated heterocycles. The molecule has 0 aliphatic carbocycles. The van der Waals surface area contributed by atoms with Crippen molar-refractivity contribution < 1.29 is 35.7 Å². The van der Waals surface area contributed by atoms with Crippen molar-refractivity contribution in [2.75, 3.05) is 0 Å². The van der Waals surface area contributed by atoms with E-state index in [4.69, 9.17) is 0 Å². The average Bonchev–Trinajstić information content (AvgIpc) is 2.64. The summed E-state index contributed by atoms with van der Waals surface area (Å²) in [7, 11) is -2.61. The molecule has 2 nitrogen and oxygen atoms in total. The number of carbonyl (C=O) groups excluding carboxylic acids is 1. The predicted octanol–water partition coefficient (Wildman–Crippen LogP) is 5.94. The first-order valence-electron chi connectivity index (χ1n) is 8.34. The van der Waals surface area contributed by atoms with Gasteiger partial charge in [0, 0.05) is 22.1 Å². The van der Waals surface area contributed by atoms with Gasteiger partial charge in [0.05, 0.1) is 11.1 Å². The molecule has 0 N–H and O–H groups in total. The van der Waals surface area contributed by atoms with Crippen molar-refractivity contribution in [3.8, 4) is 0 Å². The first-order chi connectivity index (χ1) is 12.9. The van der Waals surface area contributed by atoms with Crippen molar-refractivity contribution >= 4 is 18.9 Å². The van der Waals surface area contributed by atoms with Gasteiger partial charge in [0.25, 0.3) is 0 Å². The molecule has 2 rings (SSSR count). The number of hydrogen-bond acceptors (Lipinski definition) is 2. The molecule has 9 heteroatoms. The summed E-state index contributed by atoms with van der Waals surface area (Å²) >= 11 is 0. The largest absolute Gasteiger partial charge is 0.417 e. The van der Waals surface area contributed by atoms with Crippen LogP contribution in [0.4, 0.5) is 26.3 Å². The van der Waals surface area contributed by atoms with Crippen LogP contribution in [0.5, 0.6) is 0 Å². The number of rotatable bonds is 5. The molecule has 2 aromatic carbocycles. The molecule has 0 bridgehead atoms. The van der Waals surface area contributed by atoms with E-state index in [1.165, 1.54) is 18.2 Å². The van der Waals surface area contributed by atoms with Crippen LogP contribution in [0.3, 0.4) is 0 Å². The number of ketones is 1. The van der Waals surface area contributed by atoms with Gasteiger partial charge in [-0.1, -0.05) is 44.2 Å². The Labute approximate surface area is 158 Å². The Kier molecular flexibility index (Phi) is 6.44. The van der Waals surface area contributed by atoms with E-state index in [1.54, 1.807) is 13.8 Å². The van der Waals surface area contributed by atoms with Crippen LogP contribution in [0.2, 0.25) is 0 Å². The maximum atomic E-state index is 13.4. The Morgan fingerprint density at radius 2 is 1.43 bits per heavy atom. The van der Waals surface area contributed by atoms with Gasteiger partial charge in [0.2, 0.25) is 0 Å². The standard InChI is InChI=1S/C19H17F6O2P/c1-3-11(2)28(27)15-10-5-4-7-12(15)17(26)16-13(18(20,21)22)8-6-9-14(16)19(23,24)25/h4-11,28H,3H2,1-2H3. The fraction of sp³-hybridized carbons (Fsp3) is 0.316. The van der Waals surface area contributed by atoms with E-state index < -0.39 is 48.2 Å². The van der Waals surface area contributed by atoms with Gasteiger partial charge in [0.1, 0.15) is 7.80 Å². The molecule has 2 aromatic rings. The molecule has 0 heterocycles. The van der Waals surface area contributed by atoms with Crippen LogP contribution in [0, 0.1) is 0 Å². The molecule has 0 amide bonds. The third kappa shape index (κ3) is 4.49. The Hall–Kier alpha value is -2.08. The van der Waals surface area contributed by atoms with Crippen LogP contribution in [-0.4, -0.2) is 11.4 Å². The number of carbonyl (C=O) groups is 1. The summed E-state index contributed by atoms with van der Waals surface area (Å²) in [4.78, 5) is 12.9. The van der Waals surface area contributed by atoms with E-state index in [0.29, 0.717) is 24.6 Å². The zero-order valence-corrected chi connectivity index (χ0v) is 15.9. The highest BCUT2D eigenvalue weighted by atomic mass is 31.1. The lowest BCUT2D eigenvalue weighted by molar-refractivity contribution is -0.143. The lowest BCUT2D eigenvalue weighted by atomic mass is 9.92. The highest BCUT2D eigenvalue weighted by Crippen LogP contribution is 2.41. The number of halogens is 6. The van der Waals surface area contributed by atoms with Gasteiger partial charge < -0.3 is 4.57 Å². The first-order valence-corrected chi connectivity index (χ1v) is 9.83. The number of hydrogen-bond donors (Lipinski definition) is 0. The quantitative estimate of drug-likeness (QED) is 0.340. The Balaban J connectivity index is 2.77. The first kappa shape index (κ1) is 22.2. The molecule has 152 valence electrons. The van der Waals surface area contributed by atoms with Crippen molar-refractivity contribution in [3.63, 3.8) is 0 Å². The van der Waals surface area contributed by atoms with Crippen molar-refractivity contribution in [2.45, 2.75) is 38.3 Å². The highest BCUT2D eigenvalue weighted by Gasteiger charge is 2.43. The highest BCUT2D eigenvalue weighted by molar-refractivity contribution is 7.54. The van der Waals surface area contributed by atoms with Gasteiger partial charge in [0.15, 0.2) is 5.78 Å². The molecule has 0 saturated carbocycles. The topological polar surface area (TPSA) is 34.1 Å². The molecular formula is C19H17F6O2P. The molecule has 0 spiro atoms. The summed E-state index contributed by atoms with van der Waals surface area (Å²) < 4.78 is 92.8. The number of alkyl halides is 6. The van der Waals surface area contributed by atoms with Crippen LogP contribution in [0.1, 0.15) is 47.3 Å². The van der Waals surface area contributed by atoms with E-state index in [-0.39, 0.29) is 11.0 Å². The summed E-state index contributed by atoms with van der Waals surface area (Å²) in [6.07, 6.45) is -9.85. The molecule has 0 fully saturated rings. The molecule has 0 aliphatic heterocycles. The molecule has 0 radical (unpaired) electrons. The van der Waals surface area contributed by atoms with Crippen molar-refractivity contribution in [1.29, 1.82) is 0 Å². The van der Waals surface area contributed by atoms with Gasteiger partial charge in [-0.05, 0) is 18.6 Å². The minimum absolute atomic E-state index is 0.0167. The Morgan fingerprint density at radius 1 is 0.929 bits per heavy atom. The average molecular weight is 422 g/mol. The lowest BCUT2D eigenvalue weighted by Gasteiger charge is -2.19. The summed E-state index contributed by atoms with van der Waals surface area (Å²) in [6, 6.07) is 6.64. The second-order valence-corrected chi connectivity index (χ2v) is 8.52. The van der Waals surface area contributed by atoms with Gasteiger partial charge >= 0.3 is 12.4 Å². The lowest BCUT2D eigenvalue weighted by Crippen LogP contribution is -2.23. The predicted molar refractivity (Wildman–Crippen MR) is 94.7 cm³/mol. The van der Waals surface area contributed by atoms with Crippen LogP contribution in [-0.2, 0) is 16.9 Å². The van der Waals surface area contributed by atoms with Gasteiger partial charge in [-0.2, -0.15) is 26.3 Å². The smallest absolute Gasteiger partial charge is 0.322 e. The third-order valence-electron chi connectivity index (χ3n) is 4.40. The van der Waals surface area contributed by atoms with E-state index >= 15 is 0 Å². The van der Waals surface area contributed by atoms with Gasteiger partial charge in [-0.15, -0.1) is 0 Å². The molecular weight excluding hydrogens is 405 g/mol. The fourth-order valence-corrected chi connectivity index (χ4v) is 4.38. The molecule has 2 unspecified atom stereocenters. The second-order valence-electron chi connectivity index (χ2n) is 6.27. The van der Waals surface area contributed by atoms with Crippen LogP contribution in [0.15, 0.2) is 42.5 Å². The normalized spacial score (nSPS) is 14.6. The van der Waals surface area contributed by atoms with E-state index in [0.717, 1.165) is 6.07 Å². The molecule has 0 aromatic heterocycles. The SMILES string of the molecule is CCC(C)[PH](=O)c1ccccc1C(=O)c1c(C(F)(F)F)cccc1C(F)(F)F. The summed E-state index contributed by atoms with van der Waals surface area (Å²) in [5, 5.41) is -0.0167. The Morgan fingerprint density at radius 3 is 1.89 bits per heavy atom. The second kappa shape index (κ2) is 8.11. The number of benzene rings is 2. The van der Waals surface area contributed by atoms with E-state index in [2.05, 4.69) is 0 Å². The zero-order chi connectivity index (χ0) is 21.3. The zero-order valence-electron chi connectivity index (χ0n) is 14.9. The minimum atomic E-state index is -5.16. The van der Waals surface area contributed by atoms with Crippen LogP contribution in [0.25, 0.3) is 0 Å². The van der Waals surface area contributed by atoms with Gasteiger partial charge in [-0.25, -0.2) is 0 Å². The van der Waals surface area contributed by atoms with E-state index in [9.17, 15) is 35.7 Å². The molecule has 28 heavy (non-hydrogen) atoms. The fourth-order valence-electron chi connectivity index (χ4n) is 2.75. The molecule has 2 atom stereocenters. The van der Waals surface area contributed by atoms with Crippen LogP contribution < -0.4 is 5.30 Å². The summed E-state index contributed by atoms with van der Waals surface area (Å²) in [6.45, 7) is 3.39. The third-order valence-corrected chi connectivity index (χ3v) is 6.67. The van der Waals surface area contributed by atoms with Crippen molar-refractivity contribution in [3.05, 3.63) is 64.7 Å². The minimum Gasteiger partial charge on any atom is -0.322 e. The van der Waals surface area contributed by atoms with E-state index in [1.807, 2.05) is 0 Å². The summed E-state index contributed by atoms with van der Waals surface area (Å²) in [5.41, 5.74) is -5.60. The molecule has 0 aliphatic rings. The monoisotopic (exact) mass is 422 g/mol. The maximum absolute atomic E-state index is 13.4. The van der Waals surface area contributed by atoms with Gasteiger partial charge in [-0.3, -0.25) is 4.79 Å². The summed E-state index contributed by atoms with van der Waals surface area (Å²) in [5.74, 6) is -1.45. The van der Waals surface area contributed by atoms with Crippen molar-refractivity contribution in [1.82, 2.24) is 0 Å². The van der Waals surface area contributed by atoms with Crippen LogP contribution >= 0.6 is 7.80 Å². The van der Waals surface area contributed by atoms with Crippen molar-refractivity contribution in [2.24, 2.45) is 0 Å².